The lowest BCUT2D eigenvalue weighted by atomic mass is 9.95. The van der Waals surface area contributed by atoms with Gasteiger partial charge in [-0.25, -0.2) is 0 Å². The molecule has 26 heavy (non-hydrogen) atoms. The van der Waals surface area contributed by atoms with E-state index in [1.54, 1.807) is 0 Å². The number of rotatable bonds is 9. The van der Waals surface area contributed by atoms with Gasteiger partial charge in [0.15, 0.2) is 0 Å². The molecule has 0 saturated carbocycles. The van der Waals surface area contributed by atoms with Crippen LogP contribution in [0.3, 0.4) is 0 Å². The molecule has 0 aliphatic heterocycles. The Labute approximate surface area is 153 Å². The number of tetrazole rings is 1. The summed E-state index contributed by atoms with van der Waals surface area (Å²) in [4.78, 5) is 12.1. The van der Waals surface area contributed by atoms with Crippen LogP contribution >= 0.6 is 0 Å². The predicted molar refractivity (Wildman–Crippen MR) is 103 cm³/mol. The topological polar surface area (TPSA) is 71.5 Å². The molecule has 1 N–H and O–H groups in total. The summed E-state index contributed by atoms with van der Waals surface area (Å²) in [5.41, 5.74) is 4.22. The van der Waals surface area contributed by atoms with Crippen molar-refractivity contribution in [3.8, 4) is 22.5 Å². The molecule has 3 aromatic rings. The van der Waals surface area contributed by atoms with Crippen LogP contribution in [-0.2, 0) is 11.2 Å². The second kappa shape index (κ2) is 9.04. The Kier molecular flexibility index (Phi) is 6.25. The lowest BCUT2D eigenvalue weighted by molar-refractivity contribution is -0.119. The van der Waals surface area contributed by atoms with E-state index in [0.29, 0.717) is 24.4 Å². The molecule has 0 amide bonds. The third kappa shape index (κ3) is 4.63. The van der Waals surface area contributed by atoms with E-state index in [-0.39, 0.29) is 0 Å². The molecule has 5 nitrogen and oxygen atoms in total. The Morgan fingerprint density at radius 1 is 1.00 bits per heavy atom. The molecular weight excluding hydrogens is 324 g/mol. The molecule has 0 radical (unpaired) electrons. The summed E-state index contributed by atoms with van der Waals surface area (Å²) in [7, 11) is 0. The van der Waals surface area contributed by atoms with Crippen LogP contribution in [0.25, 0.3) is 22.5 Å². The minimum Gasteiger partial charge on any atom is -0.300 e. The number of hydrogen-bond acceptors (Lipinski definition) is 4. The maximum atomic E-state index is 12.1. The first kappa shape index (κ1) is 18.0. The average molecular weight is 348 g/mol. The van der Waals surface area contributed by atoms with E-state index in [0.717, 1.165) is 47.9 Å². The van der Waals surface area contributed by atoms with Gasteiger partial charge in [0.05, 0.1) is 0 Å². The standard InChI is InChI=1S/C21H24N4O/c1-2-3-5-10-18(26)13-11-16-12-14-19(17-8-6-4-7-9-17)20(15-16)21-22-24-25-23-21/h4,6-9,12,14-15H,2-3,5,10-11,13H2,1H3,(H,22,23,24,25). The molecule has 5 heteroatoms. The van der Waals surface area contributed by atoms with Crippen molar-refractivity contribution in [1.82, 2.24) is 20.6 Å². The highest BCUT2D eigenvalue weighted by Crippen LogP contribution is 2.31. The van der Waals surface area contributed by atoms with Crippen molar-refractivity contribution in [3.05, 3.63) is 54.1 Å². The normalized spacial score (nSPS) is 10.8. The fraction of sp³-hybridized carbons (Fsp3) is 0.333. The van der Waals surface area contributed by atoms with E-state index < -0.39 is 0 Å². The third-order valence-corrected chi connectivity index (χ3v) is 4.51. The predicted octanol–water partition coefficient (Wildman–Crippen LogP) is 4.62. The first-order chi connectivity index (χ1) is 12.8. The van der Waals surface area contributed by atoms with Gasteiger partial charge in [-0.05, 0) is 40.8 Å². The molecule has 134 valence electrons. The fourth-order valence-electron chi connectivity index (χ4n) is 3.06. The van der Waals surface area contributed by atoms with Crippen LogP contribution < -0.4 is 0 Å². The van der Waals surface area contributed by atoms with Crippen molar-refractivity contribution < 1.29 is 4.79 Å². The number of hydrogen-bond donors (Lipinski definition) is 1. The Bertz CT molecular complexity index is 828. The summed E-state index contributed by atoms with van der Waals surface area (Å²) in [6.45, 7) is 2.15. The minimum absolute atomic E-state index is 0.340. The van der Waals surface area contributed by atoms with E-state index in [4.69, 9.17) is 0 Å². The zero-order valence-electron chi connectivity index (χ0n) is 15.1. The second-order valence-corrected chi connectivity index (χ2v) is 6.48. The van der Waals surface area contributed by atoms with Gasteiger partial charge in [0, 0.05) is 18.4 Å². The zero-order valence-corrected chi connectivity index (χ0v) is 15.1. The highest BCUT2D eigenvalue weighted by atomic mass is 16.1. The summed E-state index contributed by atoms with van der Waals surface area (Å²) in [5.74, 6) is 0.909. The van der Waals surface area contributed by atoms with Gasteiger partial charge in [-0.3, -0.25) is 4.79 Å². The smallest absolute Gasteiger partial charge is 0.205 e. The van der Waals surface area contributed by atoms with Gasteiger partial charge in [-0.15, -0.1) is 10.2 Å². The summed E-state index contributed by atoms with van der Waals surface area (Å²) in [5, 5.41) is 14.5. The Morgan fingerprint density at radius 3 is 2.58 bits per heavy atom. The molecular formula is C21H24N4O. The van der Waals surface area contributed by atoms with Gasteiger partial charge in [-0.2, -0.15) is 5.21 Å². The molecule has 0 unspecified atom stereocenters. The summed E-state index contributed by atoms with van der Waals surface area (Å²) in [6, 6.07) is 16.4. The number of carbonyl (C=O) groups is 1. The monoisotopic (exact) mass is 348 g/mol. The number of benzene rings is 2. The molecule has 0 atom stereocenters. The number of aromatic amines is 1. The largest absolute Gasteiger partial charge is 0.300 e. The van der Waals surface area contributed by atoms with Gasteiger partial charge in [-0.1, -0.05) is 62.2 Å². The highest BCUT2D eigenvalue weighted by molar-refractivity contribution is 5.81. The number of ketones is 1. The Morgan fingerprint density at radius 2 is 1.85 bits per heavy atom. The molecule has 0 aliphatic carbocycles. The molecule has 0 saturated heterocycles. The van der Waals surface area contributed by atoms with Crippen LogP contribution in [0, 0.1) is 0 Å². The number of H-pyrrole nitrogens is 1. The first-order valence-corrected chi connectivity index (χ1v) is 9.22. The third-order valence-electron chi connectivity index (χ3n) is 4.51. The van der Waals surface area contributed by atoms with Crippen molar-refractivity contribution in [3.63, 3.8) is 0 Å². The molecule has 1 heterocycles. The van der Waals surface area contributed by atoms with Crippen LogP contribution in [0.1, 0.15) is 44.6 Å². The van der Waals surface area contributed by atoms with Crippen LogP contribution in [0.5, 0.6) is 0 Å². The van der Waals surface area contributed by atoms with Gasteiger partial charge >= 0.3 is 0 Å². The number of aryl methyl sites for hydroxylation is 1. The summed E-state index contributed by atoms with van der Waals surface area (Å²) >= 11 is 0. The van der Waals surface area contributed by atoms with Crippen LogP contribution in [0.4, 0.5) is 0 Å². The molecule has 0 spiro atoms. The average Bonchev–Trinajstić information content (AvgIpc) is 3.22. The lowest BCUT2D eigenvalue weighted by Gasteiger charge is -2.10. The van der Waals surface area contributed by atoms with Crippen molar-refractivity contribution >= 4 is 5.78 Å². The van der Waals surface area contributed by atoms with Crippen molar-refractivity contribution in [2.75, 3.05) is 0 Å². The van der Waals surface area contributed by atoms with E-state index in [9.17, 15) is 4.79 Å². The Balaban J connectivity index is 1.79. The zero-order chi connectivity index (χ0) is 18.2. The lowest BCUT2D eigenvalue weighted by Crippen LogP contribution is -2.00. The number of aromatic nitrogens is 4. The van der Waals surface area contributed by atoms with Crippen molar-refractivity contribution in [2.45, 2.75) is 45.4 Å². The van der Waals surface area contributed by atoms with Gasteiger partial charge in [0.25, 0.3) is 0 Å². The fourth-order valence-corrected chi connectivity index (χ4v) is 3.06. The van der Waals surface area contributed by atoms with Gasteiger partial charge in [0.2, 0.25) is 5.82 Å². The van der Waals surface area contributed by atoms with E-state index >= 15 is 0 Å². The molecule has 0 aliphatic rings. The second-order valence-electron chi connectivity index (χ2n) is 6.48. The Hall–Kier alpha value is -2.82. The maximum Gasteiger partial charge on any atom is 0.205 e. The summed E-state index contributed by atoms with van der Waals surface area (Å²) in [6.07, 6.45) is 5.27. The molecule has 3 rings (SSSR count). The van der Waals surface area contributed by atoms with Crippen molar-refractivity contribution in [2.24, 2.45) is 0 Å². The molecule has 0 bridgehead atoms. The van der Waals surface area contributed by atoms with Crippen LogP contribution in [0.15, 0.2) is 48.5 Å². The number of Topliss-reactive ketones (excluding diaryl/α,β-unsaturated/α-hetero) is 1. The van der Waals surface area contributed by atoms with E-state index in [2.05, 4.69) is 57.9 Å². The van der Waals surface area contributed by atoms with E-state index in [1.165, 1.54) is 0 Å². The number of nitrogens with zero attached hydrogens (tertiary/aromatic N) is 3. The van der Waals surface area contributed by atoms with Gasteiger partial charge < -0.3 is 0 Å². The van der Waals surface area contributed by atoms with E-state index in [1.807, 2.05) is 18.2 Å². The number of unbranched alkanes of at least 4 members (excludes halogenated alkanes) is 2. The summed E-state index contributed by atoms with van der Waals surface area (Å²) < 4.78 is 0. The number of nitrogens with one attached hydrogen (secondary N) is 1. The quantitative estimate of drug-likeness (QED) is 0.573. The number of carbonyl (C=O) groups excluding carboxylic acids is 1. The molecule has 2 aromatic carbocycles. The highest BCUT2D eigenvalue weighted by Gasteiger charge is 2.13. The maximum absolute atomic E-state index is 12.1. The first-order valence-electron chi connectivity index (χ1n) is 9.22. The van der Waals surface area contributed by atoms with Gasteiger partial charge in [0.1, 0.15) is 5.78 Å². The molecule has 1 aromatic heterocycles. The van der Waals surface area contributed by atoms with Crippen LogP contribution in [0.2, 0.25) is 0 Å². The van der Waals surface area contributed by atoms with Crippen molar-refractivity contribution in [1.29, 1.82) is 0 Å². The minimum atomic E-state index is 0.340. The van der Waals surface area contributed by atoms with Crippen LogP contribution in [-0.4, -0.2) is 26.4 Å². The SMILES string of the molecule is CCCCCC(=O)CCc1ccc(-c2ccccc2)c(-c2nn[nH]n2)c1. The molecule has 0 fully saturated rings.